The first kappa shape index (κ1) is 19.2. The van der Waals surface area contributed by atoms with E-state index in [1.807, 2.05) is 43.3 Å². The molecule has 0 aliphatic heterocycles. The number of amides is 1. The van der Waals surface area contributed by atoms with Crippen molar-refractivity contribution in [1.29, 1.82) is 0 Å². The lowest BCUT2D eigenvalue weighted by Crippen LogP contribution is -2.14. The largest absolute Gasteiger partial charge is 0.411 e. The summed E-state index contributed by atoms with van der Waals surface area (Å²) in [6, 6.07) is 15.8. The Morgan fingerprint density at radius 1 is 1.07 bits per heavy atom. The number of nitrogens with one attached hydrogen (secondary N) is 1. The highest BCUT2D eigenvalue weighted by molar-refractivity contribution is 7.99. The van der Waals surface area contributed by atoms with Crippen LogP contribution in [0.25, 0.3) is 11.5 Å². The lowest BCUT2D eigenvalue weighted by Gasteiger charge is -2.18. The maximum Gasteiger partial charge on any atom is 0.277 e. The van der Waals surface area contributed by atoms with E-state index in [1.165, 1.54) is 17.3 Å². The molecule has 27 heavy (non-hydrogen) atoms. The van der Waals surface area contributed by atoms with Crippen LogP contribution in [0.4, 0.5) is 5.69 Å². The van der Waals surface area contributed by atoms with Crippen LogP contribution in [0.1, 0.15) is 31.9 Å². The topological polar surface area (TPSA) is 68.0 Å². The molecule has 140 valence electrons. The van der Waals surface area contributed by atoms with Gasteiger partial charge >= 0.3 is 0 Å². The molecule has 1 heterocycles. The maximum atomic E-state index is 12.1. The highest BCUT2D eigenvalue weighted by Crippen LogP contribution is 2.27. The fourth-order valence-corrected chi connectivity index (χ4v) is 3.09. The normalized spacial score (nSPS) is 11.4. The predicted octanol–water partition coefficient (Wildman–Crippen LogP) is 5.07. The van der Waals surface area contributed by atoms with E-state index in [-0.39, 0.29) is 17.1 Å². The summed E-state index contributed by atoms with van der Waals surface area (Å²) in [5.41, 5.74) is 4.04. The summed E-state index contributed by atoms with van der Waals surface area (Å²) in [6.07, 6.45) is 0. The van der Waals surface area contributed by atoms with E-state index in [2.05, 4.69) is 48.4 Å². The number of para-hydroxylation sites is 1. The zero-order chi connectivity index (χ0) is 19.4. The zero-order valence-corrected chi connectivity index (χ0v) is 16.8. The molecule has 0 saturated carbocycles. The molecule has 0 aliphatic rings. The summed E-state index contributed by atoms with van der Waals surface area (Å²) in [5.74, 6) is 0.555. The first-order valence-electron chi connectivity index (χ1n) is 8.75. The molecule has 0 radical (unpaired) electrons. The molecular weight excluding hydrogens is 358 g/mol. The monoisotopic (exact) mass is 381 g/mol. The van der Waals surface area contributed by atoms with E-state index >= 15 is 0 Å². The predicted molar refractivity (Wildman–Crippen MR) is 109 cm³/mol. The summed E-state index contributed by atoms with van der Waals surface area (Å²) < 4.78 is 5.68. The number of thioether (sulfide) groups is 1. The number of aromatic nitrogens is 2. The minimum atomic E-state index is -0.108. The average molecular weight is 382 g/mol. The van der Waals surface area contributed by atoms with E-state index in [0.717, 1.165) is 16.8 Å². The van der Waals surface area contributed by atoms with Gasteiger partial charge in [-0.25, -0.2) is 0 Å². The second-order valence-corrected chi connectivity index (χ2v) is 8.28. The molecule has 3 aromatic rings. The fraction of sp³-hybridized carbons (Fsp3) is 0.286. The number of hydrogen-bond donors (Lipinski definition) is 1. The number of aryl methyl sites for hydroxylation is 1. The SMILES string of the molecule is Cc1ccccc1NC(=O)CSc1nnc(-c2ccc(C(C)(C)C)cc2)o1. The average Bonchev–Trinajstić information content (AvgIpc) is 3.10. The Kier molecular flexibility index (Phi) is 5.65. The van der Waals surface area contributed by atoms with Gasteiger partial charge in [0.2, 0.25) is 11.8 Å². The standard InChI is InChI=1S/C21H23N3O2S/c1-14-7-5-6-8-17(14)22-18(25)13-27-20-24-23-19(26-20)15-9-11-16(12-10-15)21(2,3)4/h5-12H,13H2,1-4H3,(H,22,25). The molecule has 2 aromatic carbocycles. The second kappa shape index (κ2) is 7.96. The molecule has 0 aliphatic carbocycles. The van der Waals surface area contributed by atoms with Crippen molar-refractivity contribution in [3.05, 3.63) is 59.7 Å². The van der Waals surface area contributed by atoms with E-state index in [9.17, 15) is 4.79 Å². The van der Waals surface area contributed by atoms with Gasteiger partial charge in [-0.3, -0.25) is 4.79 Å². The Hall–Kier alpha value is -2.60. The van der Waals surface area contributed by atoms with Crippen LogP contribution in [0.5, 0.6) is 0 Å². The van der Waals surface area contributed by atoms with Crippen molar-refractivity contribution in [3.63, 3.8) is 0 Å². The zero-order valence-electron chi connectivity index (χ0n) is 15.9. The van der Waals surface area contributed by atoms with E-state index < -0.39 is 0 Å². The third-order valence-electron chi connectivity index (χ3n) is 4.15. The molecule has 0 unspecified atom stereocenters. The molecule has 0 atom stereocenters. The van der Waals surface area contributed by atoms with Crippen LogP contribution in [0.3, 0.4) is 0 Å². The van der Waals surface area contributed by atoms with Crippen LogP contribution < -0.4 is 5.32 Å². The molecule has 0 fully saturated rings. The number of rotatable bonds is 5. The molecule has 0 bridgehead atoms. The van der Waals surface area contributed by atoms with Crippen LogP contribution in [-0.2, 0) is 10.2 Å². The molecule has 1 amide bonds. The van der Waals surface area contributed by atoms with Gasteiger partial charge in [-0.05, 0) is 41.7 Å². The highest BCUT2D eigenvalue weighted by Gasteiger charge is 2.15. The Morgan fingerprint density at radius 3 is 2.44 bits per heavy atom. The van der Waals surface area contributed by atoms with E-state index in [0.29, 0.717) is 11.1 Å². The fourth-order valence-electron chi connectivity index (χ4n) is 2.52. The van der Waals surface area contributed by atoms with Crippen LogP contribution in [0, 0.1) is 6.92 Å². The Morgan fingerprint density at radius 2 is 1.78 bits per heavy atom. The summed E-state index contributed by atoms with van der Waals surface area (Å²) in [7, 11) is 0. The van der Waals surface area contributed by atoms with Gasteiger partial charge in [0.15, 0.2) is 0 Å². The summed E-state index contributed by atoms with van der Waals surface area (Å²) in [6.45, 7) is 8.47. The molecule has 5 nitrogen and oxygen atoms in total. The van der Waals surface area contributed by atoms with Crippen LogP contribution >= 0.6 is 11.8 Å². The van der Waals surface area contributed by atoms with Gasteiger partial charge < -0.3 is 9.73 Å². The minimum absolute atomic E-state index is 0.0961. The first-order chi connectivity index (χ1) is 12.8. The van der Waals surface area contributed by atoms with Gasteiger partial charge in [0.25, 0.3) is 5.22 Å². The van der Waals surface area contributed by atoms with Gasteiger partial charge in [-0.15, -0.1) is 10.2 Å². The Labute approximate surface area is 163 Å². The van der Waals surface area contributed by atoms with E-state index in [1.54, 1.807) is 0 Å². The van der Waals surface area contributed by atoms with Crippen LogP contribution in [-0.4, -0.2) is 21.9 Å². The number of hydrogen-bond acceptors (Lipinski definition) is 5. The van der Waals surface area contributed by atoms with Crippen molar-refractivity contribution in [2.75, 3.05) is 11.1 Å². The summed E-state index contributed by atoms with van der Waals surface area (Å²) >= 11 is 1.22. The maximum absolute atomic E-state index is 12.1. The summed E-state index contributed by atoms with van der Waals surface area (Å²) in [4.78, 5) is 12.1. The lowest BCUT2D eigenvalue weighted by molar-refractivity contribution is -0.113. The first-order valence-corrected chi connectivity index (χ1v) is 9.74. The molecule has 1 N–H and O–H groups in total. The van der Waals surface area contributed by atoms with Crippen molar-refractivity contribution in [1.82, 2.24) is 10.2 Å². The molecule has 0 saturated heterocycles. The third kappa shape index (κ3) is 4.98. The van der Waals surface area contributed by atoms with Crippen molar-refractivity contribution >= 4 is 23.4 Å². The van der Waals surface area contributed by atoms with Crippen molar-refractivity contribution < 1.29 is 9.21 Å². The van der Waals surface area contributed by atoms with Crippen molar-refractivity contribution in [2.45, 2.75) is 38.3 Å². The van der Waals surface area contributed by atoms with Crippen LogP contribution in [0.15, 0.2) is 58.2 Å². The molecule has 0 spiro atoms. The smallest absolute Gasteiger partial charge is 0.277 e. The molecule has 3 rings (SSSR count). The number of carbonyl (C=O) groups is 1. The van der Waals surface area contributed by atoms with Gasteiger partial charge in [-0.2, -0.15) is 0 Å². The number of anilines is 1. The number of carbonyl (C=O) groups excluding carboxylic acids is 1. The van der Waals surface area contributed by atoms with Crippen molar-refractivity contribution in [3.8, 4) is 11.5 Å². The van der Waals surface area contributed by atoms with Crippen molar-refractivity contribution in [2.24, 2.45) is 0 Å². The van der Waals surface area contributed by atoms with Gasteiger partial charge in [-0.1, -0.05) is 62.9 Å². The number of benzene rings is 2. The highest BCUT2D eigenvalue weighted by atomic mass is 32.2. The van der Waals surface area contributed by atoms with Gasteiger partial charge in [0.05, 0.1) is 5.75 Å². The third-order valence-corrected chi connectivity index (χ3v) is 4.97. The van der Waals surface area contributed by atoms with Gasteiger partial charge in [0, 0.05) is 11.3 Å². The molecule has 6 heteroatoms. The Bertz CT molecular complexity index is 927. The Balaban J connectivity index is 1.59. The summed E-state index contributed by atoms with van der Waals surface area (Å²) in [5, 5.41) is 11.4. The van der Waals surface area contributed by atoms with E-state index in [4.69, 9.17) is 4.42 Å². The quantitative estimate of drug-likeness (QED) is 0.625. The van der Waals surface area contributed by atoms with Crippen LogP contribution in [0.2, 0.25) is 0 Å². The number of nitrogens with zero attached hydrogens (tertiary/aromatic N) is 2. The van der Waals surface area contributed by atoms with Gasteiger partial charge in [0.1, 0.15) is 0 Å². The molecular formula is C21H23N3O2S. The lowest BCUT2D eigenvalue weighted by atomic mass is 9.87. The second-order valence-electron chi connectivity index (χ2n) is 7.35. The molecule has 1 aromatic heterocycles. The minimum Gasteiger partial charge on any atom is -0.411 e.